The third-order valence-electron chi connectivity index (χ3n) is 3.27. The third kappa shape index (κ3) is 4.49. The van der Waals surface area contributed by atoms with Gasteiger partial charge in [0.05, 0.1) is 30.8 Å². The highest BCUT2D eigenvalue weighted by Crippen LogP contribution is 2.31. The Morgan fingerprint density at radius 3 is 2.50 bits per heavy atom. The van der Waals surface area contributed by atoms with E-state index in [0.29, 0.717) is 5.69 Å². The van der Waals surface area contributed by atoms with Crippen LogP contribution in [-0.4, -0.2) is 25.6 Å². The number of hydrogen-bond donors (Lipinski definition) is 1. The fourth-order valence-electron chi connectivity index (χ4n) is 2.16. The zero-order chi connectivity index (χ0) is 17.5. The first kappa shape index (κ1) is 17.8. The Bertz CT molecular complexity index is 731. The molecular weight excluding hydrogens is 330 g/mol. The Labute approximate surface area is 145 Å². The Hall–Kier alpha value is -2.53. The number of halogens is 1. The van der Waals surface area contributed by atoms with Gasteiger partial charge in [0.15, 0.2) is 0 Å². The van der Waals surface area contributed by atoms with E-state index in [1.54, 1.807) is 6.92 Å². The summed E-state index contributed by atoms with van der Waals surface area (Å²) in [6.45, 7) is 1.96. The quantitative estimate of drug-likeness (QED) is 0.809. The van der Waals surface area contributed by atoms with Gasteiger partial charge in [-0.25, -0.2) is 4.79 Å². The second kappa shape index (κ2) is 8.36. The van der Waals surface area contributed by atoms with Crippen molar-refractivity contribution < 1.29 is 19.1 Å². The maximum Gasteiger partial charge on any atom is 0.341 e. The van der Waals surface area contributed by atoms with Gasteiger partial charge in [-0.3, -0.25) is 4.79 Å². The molecule has 0 atom stereocenters. The van der Waals surface area contributed by atoms with Crippen LogP contribution in [0.4, 0.5) is 5.69 Å². The minimum Gasteiger partial charge on any atom is -0.496 e. The lowest BCUT2D eigenvalue weighted by Crippen LogP contribution is -2.15. The average molecular weight is 348 g/mol. The van der Waals surface area contributed by atoms with E-state index < -0.39 is 5.97 Å². The SMILES string of the molecule is CCOC(=O)c1cc(Cl)c(NC(=O)Cc2ccccc2)cc1OC. The topological polar surface area (TPSA) is 64.6 Å². The van der Waals surface area contributed by atoms with Gasteiger partial charge in [-0.1, -0.05) is 41.9 Å². The molecule has 2 rings (SSSR count). The molecule has 2 aromatic carbocycles. The van der Waals surface area contributed by atoms with Gasteiger partial charge in [-0.15, -0.1) is 0 Å². The summed E-state index contributed by atoms with van der Waals surface area (Å²) in [5, 5.41) is 2.96. The predicted molar refractivity (Wildman–Crippen MR) is 92.7 cm³/mol. The number of carbonyl (C=O) groups excluding carboxylic acids is 2. The zero-order valence-corrected chi connectivity index (χ0v) is 14.2. The number of rotatable bonds is 6. The number of esters is 1. The van der Waals surface area contributed by atoms with Crippen LogP contribution in [0.1, 0.15) is 22.8 Å². The largest absolute Gasteiger partial charge is 0.496 e. The lowest BCUT2D eigenvalue weighted by atomic mass is 10.1. The molecule has 0 unspecified atom stereocenters. The van der Waals surface area contributed by atoms with Crippen LogP contribution in [0, 0.1) is 0 Å². The van der Waals surface area contributed by atoms with Crippen LogP contribution in [0.25, 0.3) is 0 Å². The Morgan fingerprint density at radius 2 is 1.88 bits per heavy atom. The van der Waals surface area contributed by atoms with Crippen molar-refractivity contribution in [2.24, 2.45) is 0 Å². The van der Waals surface area contributed by atoms with Crippen molar-refractivity contribution in [2.45, 2.75) is 13.3 Å². The Kier molecular flexibility index (Phi) is 6.21. The number of benzene rings is 2. The van der Waals surface area contributed by atoms with Crippen molar-refractivity contribution in [1.29, 1.82) is 0 Å². The highest BCUT2D eigenvalue weighted by atomic mass is 35.5. The van der Waals surface area contributed by atoms with Crippen LogP contribution in [0.3, 0.4) is 0 Å². The molecule has 0 aliphatic rings. The Balaban J connectivity index is 2.18. The maximum absolute atomic E-state index is 12.2. The van der Waals surface area contributed by atoms with Crippen molar-refractivity contribution in [3.05, 3.63) is 58.6 Å². The number of amides is 1. The molecule has 0 aromatic heterocycles. The van der Waals surface area contributed by atoms with Gasteiger partial charge in [0.1, 0.15) is 11.3 Å². The van der Waals surface area contributed by atoms with Gasteiger partial charge in [0.25, 0.3) is 0 Å². The van der Waals surface area contributed by atoms with Gasteiger partial charge in [-0.2, -0.15) is 0 Å². The minimum atomic E-state index is -0.529. The number of hydrogen-bond acceptors (Lipinski definition) is 4. The van der Waals surface area contributed by atoms with E-state index in [1.165, 1.54) is 19.2 Å². The van der Waals surface area contributed by atoms with E-state index >= 15 is 0 Å². The van der Waals surface area contributed by atoms with E-state index in [4.69, 9.17) is 21.1 Å². The molecule has 1 amide bonds. The van der Waals surface area contributed by atoms with Gasteiger partial charge >= 0.3 is 5.97 Å². The van der Waals surface area contributed by atoms with E-state index in [-0.39, 0.29) is 35.3 Å². The molecule has 2 aromatic rings. The van der Waals surface area contributed by atoms with E-state index in [2.05, 4.69) is 5.32 Å². The van der Waals surface area contributed by atoms with Crippen LogP contribution < -0.4 is 10.1 Å². The van der Waals surface area contributed by atoms with Crippen molar-refractivity contribution in [3.8, 4) is 5.75 Å². The first-order chi connectivity index (χ1) is 11.5. The van der Waals surface area contributed by atoms with Gasteiger partial charge in [0, 0.05) is 6.07 Å². The number of methoxy groups -OCH3 is 1. The lowest BCUT2D eigenvalue weighted by molar-refractivity contribution is -0.115. The van der Waals surface area contributed by atoms with Crippen LogP contribution in [0.2, 0.25) is 5.02 Å². The van der Waals surface area contributed by atoms with E-state index in [0.717, 1.165) is 5.56 Å². The van der Waals surface area contributed by atoms with Crippen LogP contribution in [-0.2, 0) is 16.0 Å². The third-order valence-corrected chi connectivity index (χ3v) is 3.58. The van der Waals surface area contributed by atoms with Crippen LogP contribution in [0.15, 0.2) is 42.5 Å². The van der Waals surface area contributed by atoms with Gasteiger partial charge in [0.2, 0.25) is 5.91 Å². The normalized spacial score (nSPS) is 10.1. The molecular formula is C18H18ClNO4. The van der Waals surface area contributed by atoms with Crippen molar-refractivity contribution in [2.75, 3.05) is 19.0 Å². The summed E-state index contributed by atoms with van der Waals surface area (Å²) < 4.78 is 10.2. The maximum atomic E-state index is 12.2. The molecule has 0 aliphatic heterocycles. The molecule has 1 N–H and O–H groups in total. The van der Waals surface area contributed by atoms with Gasteiger partial charge in [-0.05, 0) is 18.6 Å². The second-order valence-corrected chi connectivity index (χ2v) is 5.37. The summed E-state index contributed by atoms with van der Waals surface area (Å²) in [6.07, 6.45) is 0.221. The average Bonchev–Trinajstić information content (AvgIpc) is 2.57. The first-order valence-electron chi connectivity index (χ1n) is 7.43. The fraction of sp³-hybridized carbons (Fsp3) is 0.222. The number of carbonyl (C=O) groups is 2. The lowest BCUT2D eigenvalue weighted by Gasteiger charge is -2.13. The molecule has 0 saturated heterocycles. The minimum absolute atomic E-state index is 0.213. The molecule has 0 spiro atoms. The molecule has 0 fully saturated rings. The number of nitrogens with one attached hydrogen (secondary N) is 1. The number of ether oxygens (including phenoxy) is 2. The summed E-state index contributed by atoms with van der Waals surface area (Å²) >= 11 is 6.17. The summed E-state index contributed by atoms with van der Waals surface area (Å²) in [5.74, 6) is -0.458. The summed E-state index contributed by atoms with van der Waals surface area (Å²) in [4.78, 5) is 24.1. The van der Waals surface area contributed by atoms with Crippen molar-refractivity contribution >= 4 is 29.2 Å². The summed E-state index contributed by atoms with van der Waals surface area (Å²) in [5.41, 5.74) is 1.48. The second-order valence-electron chi connectivity index (χ2n) is 4.96. The molecule has 6 heteroatoms. The number of anilines is 1. The van der Waals surface area contributed by atoms with Crippen LogP contribution >= 0.6 is 11.6 Å². The fourth-order valence-corrected chi connectivity index (χ4v) is 2.37. The monoisotopic (exact) mass is 347 g/mol. The van der Waals surface area contributed by atoms with Crippen molar-refractivity contribution in [1.82, 2.24) is 0 Å². The molecule has 0 bridgehead atoms. The smallest absolute Gasteiger partial charge is 0.341 e. The molecule has 0 saturated carbocycles. The zero-order valence-electron chi connectivity index (χ0n) is 13.5. The molecule has 24 heavy (non-hydrogen) atoms. The van der Waals surface area contributed by atoms with Gasteiger partial charge < -0.3 is 14.8 Å². The van der Waals surface area contributed by atoms with Crippen LogP contribution in [0.5, 0.6) is 5.75 Å². The highest BCUT2D eigenvalue weighted by molar-refractivity contribution is 6.34. The predicted octanol–water partition coefficient (Wildman–Crippen LogP) is 3.71. The first-order valence-corrected chi connectivity index (χ1v) is 7.81. The molecule has 5 nitrogen and oxygen atoms in total. The summed E-state index contributed by atoms with van der Waals surface area (Å²) in [6, 6.07) is 12.3. The standard InChI is InChI=1S/C18H18ClNO4/c1-3-24-18(22)13-10-14(19)15(11-16(13)23-2)20-17(21)9-12-7-5-4-6-8-12/h4-8,10-11H,3,9H2,1-2H3,(H,20,21). The molecule has 126 valence electrons. The molecule has 0 radical (unpaired) electrons. The van der Waals surface area contributed by atoms with E-state index in [9.17, 15) is 9.59 Å². The molecule has 0 aliphatic carbocycles. The molecule has 0 heterocycles. The highest BCUT2D eigenvalue weighted by Gasteiger charge is 2.18. The van der Waals surface area contributed by atoms with Crippen molar-refractivity contribution in [3.63, 3.8) is 0 Å². The summed E-state index contributed by atoms with van der Waals surface area (Å²) in [7, 11) is 1.43. The van der Waals surface area contributed by atoms with E-state index in [1.807, 2.05) is 30.3 Å². The Morgan fingerprint density at radius 1 is 1.17 bits per heavy atom.